The van der Waals surface area contributed by atoms with Crippen LogP contribution in [-0.2, 0) is 19.7 Å². The number of hydrogen-bond acceptors (Lipinski definition) is 5. The SMILES string of the molecule is CC(=O)Nc1ccccc1C1(C)COC(c2nc(-c3ccc(F)cc3)c(-c3ccncc3)[nH]2)OC1. The van der Waals surface area contributed by atoms with Crippen LogP contribution in [0.4, 0.5) is 10.1 Å². The summed E-state index contributed by atoms with van der Waals surface area (Å²) in [7, 11) is 0. The number of nitrogens with one attached hydrogen (secondary N) is 2. The van der Waals surface area contributed by atoms with Crippen LogP contribution < -0.4 is 5.32 Å². The van der Waals surface area contributed by atoms with Gasteiger partial charge in [0.05, 0.1) is 24.6 Å². The lowest BCUT2D eigenvalue weighted by Gasteiger charge is -2.38. The summed E-state index contributed by atoms with van der Waals surface area (Å²) < 4.78 is 25.8. The van der Waals surface area contributed by atoms with Crippen molar-refractivity contribution in [1.82, 2.24) is 15.0 Å². The second-order valence-electron chi connectivity index (χ2n) is 8.83. The van der Waals surface area contributed by atoms with Crippen molar-refractivity contribution >= 4 is 11.6 Å². The highest BCUT2D eigenvalue weighted by atomic mass is 19.1. The van der Waals surface area contributed by atoms with E-state index in [0.717, 1.165) is 28.1 Å². The average molecular weight is 473 g/mol. The average Bonchev–Trinajstić information content (AvgIpc) is 3.31. The first kappa shape index (κ1) is 22.9. The standard InChI is InChI=1S/C27H25FN4O3/c1-17(33)30-22-6-4-3-5-21(22)27(2)15-34-26(35-16-27)25-31-23(18-7-9-20(28)10-8-18)24(32-25)19-11-13-29-14-12-19/h3-14,26H,15-16H2,1-2H3,(H,30,33)(H,31,32). The van der Waals surface area contributed by atoms with Gasteiger partial charge in [0, 0.05) is 41.5 Å². The molecule has 0 spiro atoms. The van der Waals surface area contributed by atoms with Gasteiger partial charge in [-0.1, -0.05) is 25.1 Å². The number of carbonyl (C=O) groups excluding carboxylic acids is 1. The number of carbonyl (C=O) groups is 1. The number of benzene rings is 2. The molecule has 1 aliphatic heterocycles. The smallest absolute Gasteiger partial charge is 0.221 e. The maximum Gasteiger partial charge on any atom is 0.221 e. The summed E-state index contributed by atoms with van der Waals surface area (Å²) in [6, 6.07) is 17.6. The number of para-hydroxylation sites is 1. The second kappa shape index (κ2) is 9.40. The molecule has 0 radical (unpaired) electrons. The van der Waals surface area contributed by atoms with Crippen molar-refractivity contribution in [1.29, 1.82) is 0 Å². The van der Waals surface area contributed by atoms with Gasteiger partial charge in [-0.3, -0.25) is 9.78 Å². The minimum Gasteiger partial charge on any atom is -0.345 e. The molecular weight excluding hydrogens is 447 g/mol. The van der Waals surface area contributed by atoms with Crippen molar-refractivity contribution in [3.8, 4) is 22.5 Å². The highest BCUT2D eigenvalue weighted by molar-refractivity contribution is 5.89. The Bertz CT molecular complexity index is 1330. The molecule has 2 aromatic heterocycles. The van der Waals surface area contributed by atoms with Gasteiger partial charge in [0.25, 0.3) is 0 Å². The summed E-state index contributed by atoms with van der Waals surface area (Å²) >= 11 is 0. The van der Waals surface area contributed by atoms with E-state index in [-0.39, 0.29) is 11.7 Å². The normalized spacial score (nSPS) is 19.9. The van der Waals surface area contributed by atoms with Gasteiger partial charge in [-0.2, -0.15) is 0 Å². The van der Waals surface area contributed by atoms with Crippen LogP contribution in [0.2, 0.25) is 0 Å². The Morgan fingerprint density at radius 1 is 1.03 bits per heavy atom. The summed E-state index contributed by atoms with van der Waals surface area (Å²) in [6.45, 7) is 4.26. The van der Waals surface area contributed by atoms with Crippen LogP contribution in [0.15, 0.2) is 73.1 Å². The first-order valence-electron chi connectivity index (χ1n) is 11.3. The number of aromatic nitrogens is 3. The lowest BCUT2D eigenvalue weighted by atomic mass is 9.82. The molecule has 2 N–H and O–H groups in total. The predicted octanol–water partition coefficient (Wildman–Crippen LogP) is 5.24. The van der Waals surface area contributed by atoms with Crippen LogP contribution in [0.5, 0.6) is 0 Å². The zero-order chi connectivity index (χ0) is 24.4. The number of pyridine rings is 1. The van der Waals surface area contributed by atoms with Gasteiger partial charge in [-0.05, 0) is 48.0 Å². The van der Waals surface area contributed by atoms with Gasteiger partial charge in [-0.15, -0.1) is 0 Å². The molecule has 178 valence electrons. The zero-order valence-electron chi connectivity index (χ0n) is 19.4. The van der Waals surface area contributed by atoms with Crippen molar-refractivity contribution in [2.75, 3.05) is 18.5 Å². The monoisotopic (exact) mass is 472 g/mol. The molecule has 0 saturated carbocycles. The molecule has 1 saturated heterocycles. The highest BCUT2D eigenvalue weighted by Crippen LogP contribution is 2.39. The molecule has 1 aliphatic rings. The minimum atomic E-state index is -0.703. The van der Waals surface area contributed by atoms with E-state index >= 15 is 0 Å². The van der Waals surface area contributed by atoms with Gasteiger partial charge in [-0.25, -0.2) is 9.37 Å². The van der Waals surface area contributed by atoms with E-state index in [1.54, 1.807) is 24.5 Å². The first-order chi connectivity index (χ1) is 16.9. The molecule has 0 unspecified atom stereocenters. The number of aromatic amines is 1. The van der Waals surface area contributed by atoms with Crippen LogP contribution in [0.25, 0.3) is 22.5 Å². The van der Waals surface area contributed by atoms with Crippen molar-refractivity contribution in [2.24, 2.45) is 0 Å². The van der Waals surface area contributed by atoms with Gasteiger partial charge >= 0.3 is 0 Å². The fourth-order valence-electron chi connectivity index (χ4n) is 4.28. The lowest BCUT2D eigenvalue weighted by Crippen LogP contribution is -2.41. The lowest BCUT2D eigenvalue weighted by molar-refractivity contribution is -0.214. The molecule has 4 aromatic rings. The van der Waals surface area contributed by atoms with Gasteiger partial charge < -0.3 is 19.8 Å². The van der Waals surface area contributed by atoms with Gasteiger partial charge in [0.2, 0.25) is 12.2 Å². The number of hydrogen-bond donors (Lipinski definition) is 2. The third-order valence-electron chi connectivity index (χ3n) is 6.03. The first-order valence-corrected chi connectivity index (χ1v) is 11.3. The van der Waals surface area contributed by atoms with E-state index in [4.69, 9.17) is 14.5 Å². The van der Waals surface area contributed by atoms with E-state index in [1.807, 2.05) is 43.3 Å². The number of ether oxygens (including phenoxy) is 2. The number of imidazole rings is 1. The van der Waals surface area contributed by atoms with E-state index in [9.17, 15) is 9.18 Å². The fraction of sp³-hybridized carbons (Fsp3) is 0.222. The summed E-state index contributed by atoms with van der Waals surface area (Å²) in [5.41, 5.74) is 4.32. The van der Waals surface area contributed by atoms with Crippen molar-refractivity contribution in [3.63, 3.8) is 0 Å². The number of rotatable bonds is 5. The van der Waals surface area contributed by atoms with Crippen molar-refractivity contribution in [3.05, 3.63) is 90.3 Å². The topological polar surface area (TPSA) is 89.1 Å². The molecule has 1 fully saturated rings. The number of amides is 1. The maximum atomic E-state index is 13.5. The molecule has 7 nitrogen and oxygen atoms in total. The van der Waals surface area contributed by atoms with Gasteiger partial charge in [0.1, 0.15) is 5.82 Å². The summed E-state index contributed by atoms with van der Waals surface area (Å²) in [5, 5.41) is 2.89. The molecule has 35 heavy (non-hydrogen) atoms. The Hall–Kier alpha value is -3.88. The molecule has 8 heteroatoms. The third-order valence-corrected chi connectivity index (χ3v) is 6.03. The van der Waals surface area contributed by atoms with Gasteiger partial charge in [0.15, 0.2) is 5.82 Å². The second-order valence-corrected chi connectivity index (χ2v) is 8.83. The Morgan fingerprint density at radius 2 is 1.71 bits per heavy atom. The van der Waals surface area contributed by atoms with Crippen LogP contribution in [0, 0.1) is 5.82 Å². The molecule has 1 amide bonds. The Kier molecular flexibility index (Phi) is 6.15. The largest absolute Gasteiger partial charge is 0.345 e. The molecule has 3 heterocycles. The molecule has 0 atom stereocenters. The minimum absolute atomic E-state index is 0.135. The Labute approximate surface area is 202 Å². The van der Waals surface area contributed by atoms with Crippen LogP contribution >= 0.6 is 0 Å². The maximum absolute atomic E-state index is 13.5. The molecule has 5 rings (SSSR count). The third kappa shape index (κ3) is 4.71. The quantitative estimate of drug-likeness (QED) is 0.415. The number of H-pyrrole nitrogens is 1. The van der Waals surface area contributed by atoms with E-state index in [2.05, 4.69) is 15.3 Å². The summed E-state index contributed by atoms with van der Waals surface area (Å²) in [4.78, 5) is 23.9. The van der Waals surface area contributed by atoms with Crippen molar-refractivity contribution in [2.45, 2.75) is 25.6 Å². The summed E-state index contributed by atoms with van der Waals surface area (Å²) in [6.07, 6.45) is 2.71. The summed E-state index contributed by atoms with van der Waals surface area (Å²) in [5.74, 6) is 0.0743. The van der Waals surface area contributed by atoms with Crippen molar-refractivity contribution < 1.29 is 18.7 Å². The zero-order valence-corrected chi connectivity index (χ0v) is 19.4. The Morgan fingerprint density at radius 3 is 2.40 bits per heavy atom. The molecular formula is C27H25FN4O3. The molecule has 0 bridgehead atoms. The van der Waals surface area contributed by atoms with E-state index < -0.39 is 11.7 Å². The fourth-order valence-corrected chi connectivity index (χ4v) is 4.28. The number of anilines is 1. The number of nitrogens with zero attached hydrogens (tertiary/aromatic N) is 2. The molecule has 2 aromatic carbocycles. The number of halogens is 1. The van der Waals surface area contributed by atoms with Crippen LogP contribution in [0.3, 0.4) is 0 Å². The Balaban J connectivity index is 1.43. The predicted molar refractivity (Wildman–Crippen MR) is 130 cm³/mol. The molecule has 0 aliphatic carbocycles. The highest BCUT2D eigenvalue weighted by Gasteiger charge is 2.38. The van der Waals surface area contributed by atoms with Crippen LogP contribution in [-0.4, -0.2) is 34.1 Å². The van der Waals surface area contributed by atoms with Crippen LogP contribution in [0.1, 0.15) is 31.5 Å². The van der Waals surface area contributed by atoms with E-state index in [0.29, 0.717) is 24.7 Å². The van der Waals surface area contributed by atoms with E-state index in [1.165, 1.54) is 19.1 Å².